The minimum absolute atomic E-state index is 0.279. The van der Waals surface area contributed by atoms with E-state index in [1.807, 2.05) is 36.4 Å². The van der Waals surface area contributed by atoms with Crippen molar-refractivity contribution in [2.75, 3.05) is 11.9 Å². The van der Waals surface area contributed by atoms with Crippen LogP contribution in [-0.2, 0) is 15.3 Å². The van der Waals surface area contributed by atoms with E-state index in [1.165, 1.54) is 0 Å². The second kappa shape index (κ2) is 9.43. The summed E-state index contributed by atoms with van der Waals surface area (Å²) in [6.45, 7) is 1.30. The number of ether oxygens (including phenoxy) is 1. The Labute approximate surface area is 171 Å². The van der Waals surface area contributed by atoms with E-state index in [2.05, 4.69) is 10.5 Å². The zero-order valence-electron chi connectivity index (χ0n) is 15.0. The number of hydrogen-bond acceptors (Lipinski definition) is 6. The Hall–Kier alpha value is -2.77. The van der Waals surface area contributed by atoms with Crippen LogP contribution in [0.2, 0.25) is 5.02 Å². The average Bonchev–Trinajstić information content (AvgIpc) is 3.10. The molecule has 28 heavy (non-hydrogen) atoms. The summed E-state index contributed by atoms with van der Waals surface area (Å²) in [6, 6.07) is 16.3. The second-order valence-electron chi connectivity index (χ2n) is 5.89. The predicted octanol–water partition coefficient (Wildman–Crippen LogP) is 4.72. The zero-order chi connectivity index (χ0) is 19.9. The Bertz CT molecular complexity index is 955. The van der Waals surface area contributed by atoms with Crippen molar-refractivity contribution in [2.45, 2.75) is 17.6 Å². The minimum atomic E-state index is -0.566. The number of carbonyl (C=O) groups is 2. The van der Waals surface area contributed by atoms with Gasteiger partial charge in [0, 0.05) is 21.7 Å². The SMILES string of the molecule is Cc1cc(NC(=O)COC(=O)c2ccc(CSc3ccc(Cl)cc3)cc2)no1. The van der Waals surface area contributed by atoms with Crippen LogP contribution in [0.5, 0.6) is 0 Å². The van der Waals surface area contributed by atoms with Gasteiger partial charge in [-0.15, -0.1) is 11.8 Å². The highest BCUT2D eigenvalue weighted by Gasteiger charge is 2.12. The molecule has 6 nitrogen and oxygen atoms in total. The Balaban J connectivity index is 1.46. The fourth-order valence-corrected chi connectivity index (χ4v) is 3.23. The fraction of sp³-hybridized carbons (Fsp3) is 0.150. The first kappa shape index (κ1) is 20.0. The van der Waals surface area contributed by atoms with Crippen LogP contribution in [0.3, 0.4) is 0 Å². The Morgan fingerprint density at radius 1 is 1.14 bits per heavy atom. The average molecular weight is 417 g/mol. The molecule has 1 N–H and O–H groups in total. The maximum atomic E-state index is 12.1. The number of aryl methyl sites for hydroxylation is 1. The second-order valence-corrected chi connectivity index (χ2v) is 7.37. The van der Waals surface area contributed by atoms with Gasteiger partial charge < -0.3 is 14.6 Å². The lowest BCUT2D eigenvalue weighted by atomic mass is 10.1. The van der Waals surface area contributed by atoms with Gasteiger partial charge in [0.15, 0.2) is 12.4 Å². The molecule has 0 aliphatic carbocycles. The highest BCUT2D eigenvalue weighted by molar-refractivity contribution is 7.98. The third-order valence-corrected chi connectivity index (χ3v) is 4.97. The van der Waals surface area contributed by atoms with Crippen molar-refractivity contribution in [3.05, 3.63) is 76.5 Å². The molecule has 0 unspecified atom stereocenters. The van der Waals surface area contributed by atoms with Crippen molar-refractivity contribution in [1.29, 1.82) is 0 Å². The smallest absolute Gasteiger partial charge is 0.338 e. The first-order valence-electron chi connectivity index (χ1n) is 8.37. The lowest BCUT2D eigenvalue weighted by molar-refractivity contribution is -0.119. The Morgan fingerprint density at radius 3 is 2.50 bits per heavy atom. The highest BCUT2D eigenvalue weighted by Crippen LogP contribution is 2.24. The number of halogens is 1. The first-order valence-corrected chi connectivity index (χ1v) is 9.73. The van der Waals surface area contributed by atoms with E-state index in [4.69, 9.17) is 20.9 Å². The van der Waals surface area contributed by atoms with Crippen molar-refractivity contribution in [3.8, 4) is 0 Å². The molecule has 144 valence electrons. The van der Waals surface area contributed by atoms with Crippen LogP contribution in [-0.4, -0.2) is 23.6 Å². The molecule has 0 fully saturated rings. The van der Waals surface area contributed by atoms with E-state index >= 15 is 0 Å². The number of anilines is 1. The third-order valence-electron chi connectivity index (χ3n) is 3.64. The van der Waals surface area contributed by atoms with E-state index in [0.29, 0.717) is 16.3 Å². The third kappa shape index (κ3) is 5.87. The van der Waals surface area contributed by atoms with Gasteiger partial charge in [-0.25, -0.2) is 4.79 Å². The van der Waals surface area contributed by atoms with Gasteiger partial charge in [0.2, 0.25) is 0 Å². The van der Waals surface area contributed by atoms with E-state index in [-0.39, 0.29) is 5.82 Å². The Morgan fingerprint density at radius 2 is 1.86 bits per heavy atom. The number of rotatable bonds is 7. The molecule has 3 rings (SSSR count). The molecular formula is C20H17ClN2O4S. The van der Waals surface area contributed by atoms with Gasteiger partial charge in [0.05, 0.1) is 5.56 Å². The summed E-state index contributed by atoms with van der Waals surface area (Å²) < 4.78 is 9.87. The maximum Gasteiger partial charge on any atom is 0.338 e. The molecule has 0 spiro atoms. The van der Waals surface area contributed by atoms with Crippen LogP contribution in [0.4, 0.5) is 5.82 Å². The number of aromatic nitrogens is 1. The normalized spacial score (nSPS) is 10.5. The van der Waals surface area contributed by atoms with Crippen LogP contribution in [0.1, 0.15) is 21.7 Å². The topological polar surface area (TPSA) is 81.4 Å². The molecule has 0 aliphatic rings. The van der Waals surface area contributed by atoms with Crippen molar-refractivity contribution >= 4 is 41.1 Å². The summed E-state index contributed by atoms with van der Waals surface area (Å²) >= 11 is 7.55. The van der Waals surface area contributed by atoms with Gasteiger partial charge in [0.25, 0.3) is 5.91 Å². The van der Waals surface area contributed by atoms with Crippen molar-refractivity contribution in [3.63, 3.8) is 0 Å². The molecule has 8 heteroatoms. The summed E-state index contributed by atoms with van der Waals surface area (Å²) in [7, 11) is 0. The zero-order valence-corrected chi connectivity index (χ0v) is 16.5. The molecule has 0 aliphatic heterocycles. The molecule has 0 atom stereocenters. The molecule has 0 saturated heterocycles. The van der Waals surface area contributed by atoms with Crippen molar-refractivity contribution in [1.82, 2.24) is 5.16 Å². The van der Waals surface area contributed by atoms with E-state index in [1.54, 1.807) is 36.9 Å². The van der Waals surface area contributed by atoms with E-state index in [0.717, 1.165) is 16.2 Å². The van der Waals surface area contributed by atoms with Crippen molar-refractivity contribution in [2.24, 2.45) is 0 Å². The maximum absolute atomic E-state index is 12.1. The number of esters is 1. The summed E-state index contributed by atoms with van der Waals surface area (Å²) in [4.78, 5) is 25.0. The van der Waals surface area contributed by atoms with Crippen LogP contribution in [0.15, 0.2) is 64.0 Å². The predicted molar refractivity (Wildman–Crippen MR) is 108 cm³/mol. The Kier molecular flexibility index (Phi) is 6.73. The van der Waals surface area contributed by atoms with Gasteiger partial charge in [0.1, 0.15) is 5.76 Å². The molecule has 0 saturated carbocycles. The summed E-state index contributed by atoms with van der Waals surface area (Å²) in [5, 5.41) is 6.83. The van der Waals surface area contributed by atoms with Crippen LogP contribution >= 0.6 is 23.4 Å². The monoisotopic (exact) mass is 416 g/mol. The quantitative estimate of drug-likeness (QED) is 0.443. The van der Waals surface area contributed by atoms with Gasteiger partial charge in [-0.2, -0.15) is 0 Å². The number of nitrogens with one attached hydrogen (secondary N) is 1. The van der Waals surface area contributed by atoms with Crippen LogP contribution < -0.4 is 5.32 Å². The van der Waals surface area contributed by atoms with Gasteiger partial charge in [-0.3, -0.25) is 4.79 Å². The van der Waals surface area contributed by atoms with Crippen LogP contribution in [0.25, 0.3) is 0 Å². The largest absolute Gasteiger partial charge is 0.452 e. The first-order chi connectivity index (χ1) is 13.5. The number of amides is 1. The number of thioether (sulfide) groups is 1. The fourth-order valence-electron chi connectivity index (χ4n) is 2.25. The summed E-state index contributed by atoms with van der Waals surface area (Å²) in [5.41, 5.74) is 1.45. The number of carbonyl (C=O) groups excluding carboxylic acids is 2. The molecular weight excluding hydrogens is 400 g/mol. The lowest BCUT2D eigenvalue weighted by Crippen LogP contribution is -2.21. The van der Waals surface area contributed by atoms with Gasteiger partial charge >= 0.3 is 5.97 Å². The molecule has 1 aromatic heterocycles. The molecule has 3 aromatic rings. The number of nitrogens with zero attached hydrogens (tertiary/aromatic N) is 1. The summed E-state index contributed by atoms with van der Waals surface area (Å²) in [5.74, 6) is 0.556. The summed E-state index contributed by atoms with van der Waals surface area (Å²) in [6.07, 6.45) is 0. The molecule has 0 bridgehead atoms. The standard InChI is InChI=1S/C20H17ClN2O4S/c1-13-10-18(23-27-13)22-19(24)11-26-20(25)15-4-2-14(3-5-15)12-28-17-8-6-16(21)7-9-17/h2-10H,11-12H2,1H3,(H,22,23,24). The van der Waals surface area contributed by atoms with Crippen molar-refractivity contribution < 1.29 is 18.8 Å². The van der Waals surface area contributed by atoms with Gasteiger partial charge in [-0.1, -0.05) is 28.9 Å². The highest BCUT2D eigenvalue weighted by atomic mass is 35.5. The molecule has 1 amide bonds. The van der Waals surface area contributed by atoms with Gasteiger partial charge in [-0.05, 0) is 48.9 Å². The molecule has 2 aromatic carbocycles. The van der Waals surface area contributed by atoms with E-state index in [9.17, 15) is 9.59 Å². The molecule has 0 radical (unpaired) electrons. The lowest BCUT2D eigenvalue weighted by Gasteiger charge is -2.06. The number of benzene rings is 2. The van der Waals surface area contributed by atoms with E-state index < -0.39 is 18.5 Å². The minimum Gasteiger partial charge on any atom is -0.452 e. The van der Waals surface area contributed by atoms with Crippen LogP contribution in [0, 0.1) is 6.92 Å². The number of hydrogen-bond donors (Lipinski definition) is 1. The molecule has 1 heterocycles.